The molecule has 2 radical (unpaired) electrons. The van der Waals surface area contributed by atoms with Gasteiger partial charge in [-0.25, -0.2) is 0 Å². The molecule has 2 aromatic carbocycles. The largest absolute Gasteiger partial charge is 0.122 e. The molecule has 0 bridgehead atoms. The topological polar surface area (TPSA) is 0 Å². The molecule has 0 aromatic heterocycles. The smallest absolute Gasteiger partial charge is 0.122 e. The van der Waals surface area contributed by atoms with E-state index in [-0.39, 0.29) is 0 Å². The Kier molecular flexibility index (Phi) is 4.03. The van der Waals surface area contributed by atoms with Crippen LogP contribution in [0.4, 0.5) is 0 Å². The highest BCUT2D eigenvalue weighted by atomic mass is 35.5. The van der Waals surface area contributed by atoms with Crippen LogP contribution in [0.15, 0.2) is 42.5 Å². The van der Waals surface area contributed by atoms with E-state index in [4.69, 9.17) is 11.6 Å². The summed E-state index contributed by atoms with van der Waals surface area (Å²) in [7, 11) is 0.696. The lowest BCUT2D eigenvalue weighted by atomic mass is 10.2. The molecule has 0 saturated heterocycles. The van der Waals surface area contributed by atoms with E-state index in [0.29, 0.717) is 15.4 Å². The van der Waals surface area contributed by atoms with Gasteiger partial charge in [0.25, 0.3) is 0 Å². The number of rotatable bonds is 3. The van der Waals surface area contributed by atoms with Gasteiger partial charge in [-0.2, -0.15) is 0 Å². The molecule has 0 fully saturated rings. The minimum atomic E-state index is 0.591. The molecule has 2 heteroatoms. The van der Waals surface area contributed by atoms with Crippen molar-refractivity contribution in [2.45, 2.75) is 19.7 Å². The molecule has 0 aliphatic heterocycles. The van der Waals surface area contributed by atoms with Gasteiger partial charge in [-0.3, -0.25) is 0 Å². The van der Waals surface area contributed by atoms with Crippen LogP contribution in [0.2, 0.25) is 0 Å². The lowest BCUT2D eigenvalue weighted by Gasteiger charge is -2.11. The second kappa shape index (κ2) is 5.52. The summed E-state index contributed by atoms with van der Waals surface area (Å²) in [4.78, 5) is 0. The van der Waals surface area contributed by atoms with Gasteiger partial charge in [0.15, 0.2) is 0 Å². The molecule has 0 amide bonds. The van der Waals surface area contributed by atoms with Crippen molar-refractivity contribution in [2.75, 3.05) is 0 Å². The molecule has 0 saturated carbocycles. The van der Waals surface area contributed by atoms with Crippen molar-refractivity contribution in [1.82, 2.24) is 0 Å². The summed E-state index contributed by atoms with van der Waals surface area (Å²) in [6.07, 6.45) is 0. The average molecular weight is 259 g/mol. The maximum absolute atomic E-state index is 5.98. The molecular weight excluding hydrogens is 244 g/mol. The summed E-state index contributed by atoms with van der Waals surface area (Å²) < 4.78 is 0. The molecule has 0 spiro atoms. The van der Waals surface area contributed by atoms with E-state index < -0.39 is 0 Å². The van der Waals surface area contributed by atoms with Gasteiger partial charge in [0, 0.05) is 5.88 Å². The molecule has 0 aliphatic rings. The standard InChI is InChI=1S/C15H15ClSi/c1-11-6-5-7-12(2)15(11)17-14-9-4-3-8-13(14)10-16/h3-9H,10H2,1-2H3. The molecule has 2 rings (SSSR count). The first kappa shape index (κ1) is 12.4. The van der Waals surface area contributed by atoms with Crippen LogP contribution in [0.5, 0.6) is 0 Å². The Hall–Kier alpha value is -1.05. The highest BCUT2D eigenvalue weighted by molar-refractivity contribution is 6.68. The van der Waals surface area contributed by atoms with Crippen LogP contribution in [0.3, 0.4) is 0 Å². The molecule has 0 heterocycles. The van der Waals surface area contributed by atoms with Crippen LogP contribution in [0, 0.1) is 13.8 Å². The van der Waals surface area contributed by atoms with E-state index in [1.165, 1.54) is 27.1 Å². The highest BCUT2D eigenvalue weighted by Crippen LogP contribution is 2.03. The maximum atomic E-state index is 5.98. The normalized spacial score (nSPS) is 10.5. The van der Waals surface area contributed by atoms with Gasteiger partial charge < -0.3 is 0 Å². The summed E-state index contributed by atoms with van der Waals surface area (Å²) in [6.45, 7) is 4.36. The Labute approximate surface area is 110 Å². The number of aryl methyl sites for hydroxylation is 2. The van der Waals surface area contributed by atoms with Crippen molar-refractivity contribution < 1.29 is 0 Å². The van der Waals surface area contributed by atoms with E-state index >= 15 is 0 Å². The third-order valence-corrected chi connectivity index (χ3v) is 4.99. The van der Waals surface area contributed by atoms with Gasteiger partial charge in [-0.1, -0.05) is 64.0 Å². The number of hydrogen-bond acceptors (Lipinski definition) is 0. The first-order valence-corrected chi connectivity index (χ1v) is 7.23. The van der Waals surface area contributed by atoms with E-state index in [0.717, 1.165) is 0 Å². The van der Waals surface area contributed by atoms with E-state index in [1.54, 1.807) is 0 Å². The van der Waals surface area contributed by atoms with Crippen LogP contribution in [-0.2, 0) is 5.88 Å². The zero-order valence-electron chi connectivity index (χ0n) is 10.1. The fourth-order valence-corrected chi connectivity index (χ4v) is 3.59. The van der Waals surface area contributed by atoms with Gasteiger partial charge in [0.05, 0.1) is 0 Å². The zero-order valence-corrected chi connectivity index (χ0v) is 11.9. The fourth-order valence-electron chi connectivity index (χ4n) is 1.91. The van der Waals surface area contributed by atoms with Gasteiger partial charge in [-0.05, 0) is 19.4 Å². The average Bonchev–Trinajstić information content (AvgIpc) is 2.34. The van der Waals surface area contributed by atoms with Crippen molar-refractivity contribution in [2.24, 2.45) is 0 Å². The molecule has 17 heavy (non-hydrogen) atoms. The van der Waals surface area contributed by atoms with Crippen LogP contribution in [0.25, 0.3) is 0 Å². The van der Waals surface area contributed by atoms with E-state index in [2.05, 4.69) is 56.3 Å². The van der Waals surface area contributed by atoms with E-state index in [1.807, 2.05) is 0 Å². The second-order valence-corrected chi connectivity index (χ2v) is 5.74. The molecule has 0 unspecified atom stereocenters. The van der Waals surface area contributed by atoms with Crippen molar-refractivity contribution >= 4 is 31.5 Å². The zero-order chi connectivity index (χ0) is 12.3. The molecule has 2 aromatic rings. The molecule has 0 N–H and O–H groups in total. The number of halogens is 1. The van der Waals surface area contributed by atoms with Crippen LogP contribution < -0.4 is 10.4 Å². The summed E-state index contributed by atoms with van der Waals surface area (Å²) in [5.41, 5.74) is 3.98. The van der Waals surface area contributed by atoms with Gasteiger partial charge >= 0.3 is 0 Å². The summed E-state index contributed by atoms with van der Waals surface area (Å²) in [5, 5.41) is 2.81. The molecule has 0 nitrogen and oxygen atoms in total. The minimum Gasteiger partial charge on any atom is -0.122 e. The summed E-state index contributed by atoms with van der Waals surface area (Å²) in [5.74, 6) is 0.591. The Morgan fingerprint density at radius 2 is 1.59 bits per heavy atom. The van der Waals surface area contributed by atoms with Crippen molar-refractivity contribution in [1.29, 1.82) is 0 Å². The lowest BCUT2D eigenvalue weighted by molar-refractivity contribution is 1.42. The quantitative estimate of drug-likeness (QED) is 0.587. The minimum absolute atomic E-state index is 0.591. The fraction of sp³-hybridized carbons (Fsp3) is 0.200. The predicted octanol–water partition coefficient (Wildman–Crippen LogP) is 2.70. The Balaban J connectivity index is 2.38. The Bertz CT molecular complexity index is 500. The van der Waals surface area contributed by atoms with Crippen molar-refractivity contribution in [3.8, 4) is 0 Å². The molecular formula is C15H15ClSi. The van der Waals surface area contributed by atoms with Gasteiger partial charge in [0.1, 0.15) is 9.52 Å². The molecule has 0 atom stereocenters. The highest BCUT2D eigenvalue weighted by Gasteiger charge is 2.07. The summed E-state index contributed by atoms with van der Waals surface area (Å²) >= 11 is 5.98. The lowest BCUT2D eigenvalue weighted by Crippen LogP contribution is -2.33. The van der Waals surface area contributed by atoms with Gasteiger partial charge in [-0.15, -0.1) is 11.6 Å². The SMILES string of the molecule is Cc1cccc(C)c1[Si]c1ccccc1CCl. The Morgan fingerprint density at radius 3 is 2.24 bits per heavy atom. The third kappa shape index (κ3) is 2.79. The molecule has 86 valence electrons. The monoisotopic (exact) mass is 258 g/mol. The van der Waals surface area contributed by atoms with Crippen molar-refractivity contribution in [3.05, 3.63) is 59.2 Å². The van der Waals surface area contributed by atoms with Crippen molar-refractivity contribution in [3.63, 3.8) is 0 Å². The second-order valence-electron chi connectivity index (χ2n) is 4.18. The maximum Gasteiger partial charge on any atom is 0.122 e. The number of benzene rings is 2. The first-order chi connectivity index (χ1) is 8.22. The van der Waals surface area contributed by atoms with Crippen LogP contribution in [0.1, 0.15) is 16.7 Å². The third-order valence-electron chi connectivity index (χ3n) is 2.90. The van der Waals surface area contributed by atoms with E-state index in [9.17, 15) is 0 Å². The summed E-state index contributed by atoms with van der Waals surface area (Å²) in [6, 6.07) is 14.9. The number of hydrogen-bond donors (Lipinski definition) is 0. The Morgan fingerprint density at radius 1 is 0.941 bits per heavy atom. The molecule has 0 aliphatic carbocycles. The van der Waals surface area contributed by atoms with Crippen LogP contribution in [-0.4, -0.2) is 9.52 Å². The number of alkyl halides is 1. The van der Waals surface area contributed by atoms with Gasteiger partial charge in [0.2, 0.25) is 0 Å². The first-order valence-electron chi connectivity index (χ1n) is 5.69. The predicted molar refractivity (Wildman–Crippen MR) is 76.9 cm³/mol. The van der Waals surface area contributed by atoms with Crippen LogP contribution >= 0.6 is 11.6 Å².